The average Bonchev–Trinajstić information content (AvgIpc) is 3.31. The number of nitrogens with one attached hydrogen (secondary N) is 1. The zero-order chi connectivity index (χ0) is 24.2. The van der Waals surface area contributed by atoms with Gasteiger partial charge in [-0.25, -0.2) is 0 Å². The molecule has 1 aromatic heterocycles. The predicted octanol–water partition coefficient (Wildman–Crippen LogP) is 2.98. The molecule has 1 N–H and O–H groups in total. The maximum atomic E-state index is 13.0. The van der Waals surface area contributed by atoms with Crippen molar-refractivity contribution in [3.8, 4) is 17.0 Å². The van der Waals surface area contributed by atoms with Crippen LogP contribution in [-0.2, 0) is 14.3 Å². The van der Waals surface area contributed by atoms with E-state index in [2.05, 4.69) is 20.4 Å². The van der Waals surface area contributed by atoms with Crippen LogP contribution >= 0.6 is 0 Å². The molecule has 2 fully saturated rings. The largest absolute Gasteiger partial charge is 0.497 e. The molecule has 2 aliphatic rings. The van der Waals surface area contributed by atoms with Crippen LogP contribution in [0, 0.1) is 5.92 Å². The van der Waals surface area contributed by atoms with Crippen molar-refractivity contribution in [2.24, 2.45) is 5.92 Å². The van der Waals surface area contributed by atoms with Gasteiger partial charge in [0.25, 0.3) is 0 Å². The molecule has 0 radical (unpaired) electrons. The molecule has 3 aromatic rings. The summed E-state index contributed by atoms with van der Waals surface area (Å²) in [6, 6.07) is 18.7. The van der Waals surface area contributed by atoms with Gasteiger partial charge in [0.05, 0.1) is 31.9 Å². The van der Waals surface area contributed by atoms with Crippen LogP contribution in [0.1, 0.15) is 6.42 Å². The molecule has 35 heavy (non-hydrogen) atoms. The highest BCUT2D eigenvalue weighted by Gasteiger charge is 2.35. The molecule has 3 heterocycles. The molecule has 0 spiro atoms. The lowest BCUT2D eigenvalue weighted by Gasteiger charge is -2.27. The van der Waals surface area contributed by atoms with Crippen molar-refractivity contribution in [1.82, 2.24) is 10.2 Å². The number of methoxy groups -OCH3 is 1. The fraction of sp³-hybridized carbons (Fsp3) is 0.308. The van der Waals surface area contributed by atoms with Gasteiger partial charge in [-0.1, -0.05) is 18.2 Å². The van der Waals surface area contributed by atoms with Crippen molar-refractivity contribution < 1.29 is 19.1 Å². The molecule has 0 aliphatic carbocycles. The second-order valence-corrected chi connectivity index (χ2v) is 8.55. The maximum absolute atomic E-state index is 13.0. The van der Waals surface area contributed by atoms with Crippen LogP contribution in [-0.4, -0.2) is 62.0 Å². The Morgan fingerprint density at radius 1 is 1.06 bits per heavy atom. The van der Waals surface area contributed by atoms with Gasteiger partial charge >= 0.3 is 0 Å². The SMILES string of the molecule is COc1cccc(N2CC(C(=O)Nc3cccc(-c4ccc(N5CCOCC5)nn4)c3)CC2=O)c1. The minimum atomic E-state index is -0.440. The topological polar surface area (TPSA) is 96.9 Å². The Balaban J connectivity index is 1.24. The van der Waals surface area contributed by atoms with Crippen molar-refractivity contribution in [3.63, 3.8) is 0 Å². The lowest BCUT2D eigenvalue weighted by Crippen LogP contribution is -2.36. The highest BCUT2D eigenvalue weighted by molar-refractivity contribution is 6.03. The lowest BCUT2D eigenvalue weighted by atomic mass is 10.1. The van der Waals surface area contributed by atoms with Gasteiger partial charge in [-0.15, -0.1) is 10.2 Å². The van der Waals surface area contributed by atoms with E-state index < -0.39 is 5.92 Å². The highest BCUT2D eigenvalue weighted by atomic mass is 16.5. The van der Waals surface area contributed by atoms with E-state index in [0.717, 1.165) is 35.9 Å². The summed E-state index contributed by atoms with van der Waals surface area (Å²) in [7, 11) is 1.58. The lowest BCUT2D eigenvalue weighted by molar-refractivity contribution is -0.122. The number of morpholine rings is 1. The van der Waals surface area contributed by atoms with Gasteiger partial charge in [0, 0.05) is 49.1 Å². The van der Waals surface area contributed by atoms with Crippen LogP contribution in [0.5, 0.6) is 5.75 Å². The van der Waals surface area contributed by atoms with E-state index in [0.29, 0.717) is 31.2 Å². The number of carbonyl (C=O) groups excluding carboxylic acids is 2. The molecule has 1 atom stereocenters. The van der Waals surface area contributed by atoms with Crippen molar-refractivity contribution in [1.29, 1.82) is 0 Å². The number of anilines is 3. The minimum absolute atomic E-state index is 0.0808. The molecule has 9 nitrogen and oxygen atoms in total. The van der Waals surface area contributed by atoms with Crippen molar-refractivity contribution in [2.75, 3.05) is 55.1 Å². The third-order valence-electron chi connectivity index (χ3n) is 6.27. The number of carbonyl (C=O) groups is 2. The number of benzene rings is 2. The first-order valence-electron chi connectivity index (χ1n) is 11.6. The summed E-state index contributed by atoms with van der Waals surface area (Å²) >= 11 is 0. The normalized spacial score (nSPS) is 18.0. The van der Waals surface area contributed by atoms with Gasteiger partial charge in [0.15, 0.2) is 5.82 Å². The molecule has 5 rings (SSSR count). The smallest absolute Gasteiger partial charge is 0.229 e. The van der Waals surface area contributed by atoms with Crippen LogP contribution in [0.15, 0.2) is 60.7 Å². The molecule has 1 unspecified atom stereocenters. The first-order valence-corrected chi connectivity index (χ1v) is 11.6. The summed E-state index contributed by atoms with van der Waals surface area (Å²) in [6.07, 6.45) is 0.164. The number of nitrogens with zero attached hydrogens (tertiary/aromatic N) is 4. The summed E-state index contributed by atoms with van der Waals surface area (Å²) in [4.78, 5) is 29.4. The van der Waals surface area contributed by atoms with Crippen LogP contribution in [0.4, 0.5) is 17.2 Å². The van der Waals surface area contributed by atoms with E-state index in [-0.39, 0.29) is 18.2 Å². The Morgan fingerprint density at radius 3 is 2.66 bits per heavy atom. The number of hydrogen-bond acceptors (Lipinski definition) is 7. The summed E-state index contributed by atoms with van der Waals surface area (Å²) in [5, 5.41) is 11.7. The molecule has 2 aliphatic heterocycles. The first kappa shape index (κ1) is 22.8. The van der Waals surface area contributed by atoms with E-state index in [1.54, 1.807) is 18.1 Å². The molecule has 9 heteroatoms. The molecule has 0 saturated carbocycles. The molecule has 0 bridgehead atoms. The zero-order valence-corrected chi connectivity index (χ0v) is 19.5. The number of aromatic nitrogens is 2. The Labute approximate surface area is 203 Å². The number of amides is 2. The number of hydrogen-bond donors (Lipinski definition) is 1. The van der Waals surface area contributed by atoms with Crippen LogP contribution in [0.25, 0.3) is 11.3 Å². The van der Waals surface area contributed by atoms with Crippen molar-refractivity contribution in [3.05, 3.63) is 60.7 Å². The fourth-order valence-corrected chi connectivity index (χ4v) is 4.35. The zero-order valence-electron chi connectivity index (χ0n) is 19.5. The Morgan fingerprint density at radius 2 is 1.89 bits per heavy atom. The van der Waals surface area contributed by atoms with E-state index in [4.69, 9.17) is 9.47 Å². The molecule has 2 amide bonds. The van der Waals surface area contributed by atoms with Crippen molar-refractivity contribution >= 4 is 29.0 Å². The Kier molecular flexibility index (Phi) is 6.58. The summed E-state index contributed by atoms with van der Waals surface area (Å²) in [6.45, 7) is 3.30. The van der Waals surface area contributed by atoms with Gasteiger partial charge in [-0.2, -0.15) is 0 Å². The second kappa shape index (κ2) is 10.1. The molecule has 2 aromatic carbocycles. The summed E-state index contributed by atoms with van der Waals surface area (Å²) in [5.74, 6) is 0.788. The van der Waals surface area contributed by atoms with Gasteiger partial charge < -0.3 is 24.6 Å². The second-order valence-electron chi connectivity index (χ2n) is 8.55. The number of rotatable bonds is 6. The van der Waals surface area contributed by atoms with Gasteiger partial charge in [-0.05, 0) is 36.4 Å². The van der Waals surface area contributed by atoms with Gasteiger partial charge in [0.2, 0.25) is 11.8 Å². The maximum Gasteiger partial charge on any atom is 0.229 e. The first-order chi connectivity index (χ1) is 17.1. The molecule has 2 saturated heterocycles. The van der Waals surface area contributed by atoms with E-state index in [1.807, 2.05) is 54.6 Å². The Bertz CT molecular complexity index is 1210. The molecular weight excluding hydrogens is 446 g/mol. The Hall–Kier alpha value is -3.98. The standard InChI is InChI=1S/C26H27N5O4/c1-34-22-7-3-6-21(16-22)31-17-19(15-25(31)32)26(33)27-20-5-2-4-18(14-20)23-8-9-24(29-28-23)30-10-12-35-13-11-30/h2-9,14,16,19H,10-13,15,17H2,1H3,(H,27,33). The minimum Gasteiger partial charge on any atom is -0.497 e. The van der Waals surface area contributed by atoms with Gasteiger partial charge in [-0.3, -0.25) is 9.59 Å². The van der Waals surface area contributed by atoms with Crippen LogP contribution < -0.4 is 19.9 Å². The molecular formula is C26H27N5O4. The van der Waals surface area contributed by atoms with Gasteiger partial charge in [0.1, 0.15) is 5.75 Å². The fourth-order valence-electron chi connectivity index (χ4n) is 4.35. The third-order valence-corrected chi connectivity index (χ3v) is 6.27. The van der Waals surface area contributed by atoms with E-state index in [9.17, 15) is 9.59 Å². The summed E-state index contributed by atoms with van der Waals surface area (Å²) in [5.41, 5.74) is 2.95. The van der Waals surface area contributed by atoms with Crippen LogP contribution in [0.3, 0.4) is 0 Å². The van der Waals surface area contributed by atoms with E-state index in [1.165, 1.54) is 0 Å². The summed E-state index contributed by atoms with van der Waals surface area (Å²) < 4.78 is 10.6. The molecule has 180 valence electrons. The van der Waals surface area contributed by atoms with E-state index >= 15 is 0 Å². The monoisotopic (exact) mass is 473 g/mol. The third kappa shape index (κ3) is 5.09. The highest BCUT2D eigenvalue weighted by Crippen LogP contribution is 2.29. The average molecular weight is 474 g/mol. The quantitative estimate of drug-likeness (QED) is 0.588. The predicted molar refractivity (Wildman–Crippen MR) is 133 cm³/mol. The van der Waals surface area contributed by atoms with Crippen LogP contribution in [0.2, 0.25) is 0 Å². The number of ether oxygens (including phenoxy) is 2. The van der Waals surface area contributed by atoms with Crippen molar-refractivity contribution in [2.45, 2.75) is 6.42 Å².